The topological polar surface area (TPSA) is 97.5 Å². The van der Waals surface area contributed by atoms with E-state index < -0.39 is 17.4 Å². The molecule has 5 aromatic rings. The lowest BCUT2D eigenvalue weighted by molar-refractivity contribution is -0.673. The molecule has 0 amide bonds. The minimum absolute atomic E-state index is 0.0415. The van der Waals surface area contributed by atoms with Crippen LogP contribution in [0.15, 0.2) is 78.5 Å². The number of imidazole rings is 1. The van der Waals surface area contributed by atoms with Gasteiger partial charge in [0.05, 0.1) is 24.4 Å². The van der Waals surface area contributed by atoms with Gasteiger partial charge < -0.3 is 15.1 Å². The van der Waals surface area contributed by atoms with Gasteiger partial charge in [-0.1, -0.05) is 86.1 Å². The minimum Gasteiger partial charge on any atom is -0.481 e. The Balaban J connectivity index is 1.65. The lowest BCUT2D eigenvalue weighted by Gasteiger charge is -2.27. The third-order valence-electron chi connectivity index (χ3n) is 8.12. The molecule has 8 heteroatoms. The molecule has 0 spiro atoms. The molecule has 1 aliphatic rings. The summed E-state index contributed by atoms with van der Waals surface area (Å²) in [5.74, 6) is -1.06. The number of aliphatic carboxylic acids is 2. The first-order valence-corrected chi connectivity index (χ1v) is 14.1. The van der Waals surface area contributed by atoms with Crippen LogP contribution in [-0.4, -0.2) is 33.7 Å². The second kappa shape index (κ2) is 10.2. The summed E-state index contributed by atoms with van der Waals surface area (Å²) in [4.78, 5) is 28.7. The molecule has 0 atom stereocenters. The highest BCUT2D eigenvalue weighted by molar-refractivity contribution is 6.49. The van der Waals surface area contributed by atoms with Gasteiger partial charge in [-0.2, -0.15) is 0 Å². The third-order valence-corrected chi connectivity index (χ3v) is 8.48. The summed E-state index contributed by atoms with van der Waals surface area (Å²) in [6.45, 7) is 4.99. The van der Waals surface area contributed by atoms with E-state index in [0.29, 0.717) is 23.8 Å². The van der Waals surface area contributed by atoms with Gasteiger partial charge in [-0.05, 0) is 40.3 Å². The summed E-state index contributed by atoms with van der Waals surface area (Å²) in [6.07, 6.45) is 0.422. The molecular weight excluding hydrogens is 538 g/mol. The van der Waals surface area contributed by atoms with Crippen molar-refractivity contribution in [1.29, 1.82) is 0 Å². The molecule has 0 radical (unpaired) electrons. The number of rotatable bonds is 8. The van der Waals surface area contributed by atoms with Crippen LogP contribution in [0.4, 0.5) is 5.69 Å². The van der Waals surface area contributed by atoms with E-state index in [4.69, 9.17) is 11.6 Å². The Labute approximate surface area is 242 Å². The largest absolute Gasteiger partial charge is 0.481 e. The number of carbonyl (C=O) groups is 2. The molecule has 3 N–H and O–H groups in total. The van der Waals surface area contributed by atoms with Gasteiger partial charge in [0.25, 0.3) is 0 Å². The molecule has 0 saturated heterocycles. The molecule has 0 unspecified atom stereocenters. The summed E-state index contributed by atoms with van der Waals surface area (Å²) in [5.41, 5.74) is 4.14. The highest BCUT2D eigenvalue weighted by Crippen LogP contribution is 2.56. The molecule has 41 heavy (non-hydrogen) atoms. The molecule has 0 aliphatic carbocycles. The number of allylic oxidation sites excluding steroid dienone is 1. The van der Waals surface area contributed by atoms with Crippen LogP contribution in [0.3, 0.4) is 0 Å². The average molecular weight is 569 g/mol. The first-order valence-electron chi connectivity index (χ1n) is 13.8. The van der Waals surface area contributed by atoms with E-state index in [1.165, 1.54) is 0 Å². The number of nitrogens with one attached hydrogen (secondary N) is 1. The van der Waals surface area contributed by atoms with E-state index in [9.17, 15) is 19.8 Å². The van der Waals surface area contributed by atoms with Gasteiger partial charge in [0, 0.05) is 23.8 Å². The molecule has 2 heterocycles. The predicted octanol–water partition coefficient (Wildman–Crippen LogP) is 6.81. The second-order valence-electron chi connectivity index (χ2n) is 11.0. The van der Waals surface area contributed by atoms with Gasteiger partial charge in [-0.25, -0.2) is 9.55 Å². The molecule has 6 rings (SSSR count). The van der Waals surface area contributed by atoms with Gasteiger partial charge in [0.2, 0.25) is 0 Å². The number of nitrogens with zero attached hydrogens (tertiary/aromatic N) is 2. The SMILES string of the molecule is CC1(C)/C(=C(/Cl)c2[nH]c3ccccc3[n+]2CCCC(=O)O)N(CCC(=O)O)c2c1c1ccccc1c1ccccc21. The Morgan fingerprint density at radius 3 is 2.12 bits per heavy atom. The Morgan fingerprint density at radius 1 is 0.854 bits per heavy atom. The molecule has 0 bridgehead atoms. The number of carboxylic acid groups (broad SMARTS) is 2. The van der Waals surface area contributed by atoms with Crippen LogP contribution < -0.4 is 9.47 Å². The summed E-state index contributed by atoms with van der Waals surface area (Å²) < 4.78 is 2.04. The maximum Gasteiger partial charge on any atom is 0.305 e. The maximum absolute atomic E-state index is 11.9. The third kappa shape index (κ3) is 4.41. The van der Waals surface area contributed by atoms with Crippen LogP contribution in [0, 0.1) is 0 Å². The quantitative estimate of drug-likeness (QED) is 0.141. The standard InChI is InChI=1S/C33H30ClN3O4/c1-33(2)28-22-12-5-3-10-20(22)21-11-4-6-13-23(21)30(28)37(19-17-27(40)41)31(33)29(34)32-35-24-14-7-8-15-25(24)36(32)18-9-16-26(38)39/h3-8,10-15H,9,16-19H2,1-2H3,(H2,38,39,40,41)/p+1/b31-29-. The smallest absolute Gasteiger partial charge is 0.305 e. The van der Waals surface area contributed by atoms with Gasteiger partial charge in [0.15, 0.2) is 16.1 Å². The molecular formula is C33H31ClN3O4+. The van der Waals surface area contributed by atoms with Crippen LogP contribution in [0.5, 0.6) is 0 Å². The van der Waals surface area contributed by atoms with E-state index in [1.807, 2.05) is 53.1 Å². The number of para-hydroxylation sites is 2. The van der Waals surface area contributed by atoms with E-state index in [-0.39, 0.29) is 19.4 Å². The van der Waals surface area contributed by atoms with Crippen molar-refractivity contribution in [2.24, 2.45) is 0 Å². The highest BCUT2D eigenvalue weighted by Gasteiger charge is 2.46. The first-order chi connectivity index (χ1) is 19.7. The monoisotopic (exact) mass is 568 g/mol. The fourth-order valence-corrected chi connectivity index (χ4v) is 6.95. The number of fused-ring (bicyclic) bond motifs is 7. The van der Waals surface area contributed by atoms with Gasteiger partial charge in [0.1, 0.15) is 0 Å². The summed E-state index contributed by atoms with van der Waals surface area (Å²) in [7, 11) is 0. The molecule has 0 fully saturated rings. The maximum atomic E-state index is 11.9. The van der Waals surface area contributed by atoms with E-state index >= 15 is 0 Å². The van der Waals surface area contributed by atoms with Gasteiger partial charge >= 0.3 is 17.8 Å². The highest BCUT2D eigenvalue weighted by atomic mass is 35.5. The zero-order valence-electron chi connectivity index (χ0n) is 22.9. The van der Waals surface area contributed by atoms with Crippen LogP contribution >= 0.6 is 11.6 Å². The molecule has 0 saturated carbocycles. The Kier molecular flexibility index (Phi) is 6.70. The number of hydrogen-bond acceptors (Lipinski definition) is 3. The van der Waals surface area contributed by atoms with Crippen molar-refractivity contribution in [3.05, 3.63) is 89.9 Å². The number of hydrogen-bond donors (Lipinski definition) is 3. The Hall–Kier alpha value is -4.36. The van der Waals surface area contributed by atoms with Crippen molar-refractivity contribution in [2.45, 2.75) is 45.1 Å². The lowest BCUT2D eigenvalue weighted by atomic mass is 9.79. The van der Waals surface area contributed by atoms with Crippen LogP contribution in [0.1, 0.15) is 44.5 Å². The summed E-state index contributed by atoms with van der Waals surface area (Å²) in [6, 6.07) is 24.4. The molecule has 7 nitrogen and oxygen atoms in total. The fraction of sp³-hybridized carbons (Fsp3) is 0.242. The summed E-state index contributed by atoms with van der Waals surface area (Å²) in [5, 5.41) is 23.9. The van der Waals surface area contributed by atoms with Crippen molar-refractivity contribution >= 4 is 66.8 Å². The predicted molar refractivity (Wildman–Crippen MR) is 162 cm³/mol. The second-order valence-corrected chi connectivity index (χ2v) is 11.4. The molecule has 4 aromatic carbocycles. The van der Waals surface area contributed by atoms with Crippen molar-refractivity contribution < 1.29 is 24.4 Å². The Bertz CT molecular complexity index is 1890. The van der Waals surface area contributed by atoms with Crippen molar-refractivity contribution in [1.82, 2.24) is 4.98 Å². The van der Waals surface area contributed by atoms with Gasteiger partial charge in [-0.15, -0.1) is 0 Å². The number of carboxylic acids is 2. The number of aromatic nitrogens is 2. The minimum atomic E-state index is -0.883. The van der Waals surface area contributed by atoms with Gasteiger partial charge in [-0.3, -0.25) is 9.59 Å². The Morgan fingerprint density at radius 2 is 1.44 bits per heavy atom. The molecule has 208 valence electrons. The van der Waals surface area contributed by atoms with Crippen LogP contribution in [0.2, 0.25) is 0 Å². The number of aromatic amines is 1. The molecule has 1 aliphatic heterocycles. The van der Waals surface area contributed by atoms with Crippen LogP contribution in [-0.2, 0) is 21.5 Å². The average Bonchev–Trinajstić information content (AvgIpc) is 3.43. The normalized spacial score (nSPS) is 15.5. The number of H-pyrrole nitrogens is 1. The summed E-state index contributed by atoms with van der Waals surface area (Å²) >= 11 is 7.44. The number of halogens is 1. The lowest BCUT2D eigenvalue weighted by Crippen LogP contribution is -2.38. The van der Waals surface area contributed by atoms with E-state index in [1.54, 1.807) is 0 Å². The molecule has 1 aromatic heterocycles. The number of benzene rings is 4. The zero-order chi connectivity index (χ0) is 28.9. The van der Waals surface area contributed by atoms with Crippen molar-refractivity contribution in [3.8, 4) is 0 Å². The van der Waals surface area contributed by atoms with E-state index in [0.717, 1.165) is 49.5 Å². The van der Waals surface area contributed by atoms with E-state index in [2.05, 4.69) is 48.0 Å². The number of anilines is 1. The number of aryl methyl sites for hydroxylation is 1. The first kappa shape index (κ1) is 26.8. The van der Waals surface area contributed by atoms with Crippen molar-refractivity contribution in [3.63, 3.8) is 0 Å². The fourth-order valence-electron chi connectivity index (χ4n) is 6.46. The zero-order valence-corrected chi connectivity index (χ0v) is 23.7. The van der Waals surface area contributed by atoms with Crippen LogP contribution in [0.25, 0.3) is 37.6 Å². The van der Waals surface area contributed by atoms with Crippen molar-refractivity contribution in [2.75, 3.05) is 11.4 Å².